The first kappa shape index (κ1) is 16.5. The number of aryl methyl sites for hydroxylation is 1. The zero-order valence-electron chi connectivity index (χ0n) is 12.8. The van der Waals surface area contributed by atoms with Crippen molar-refractivity contribution in [3.8, 4) is 0 Å². The lowest BCUT2D eigenvalue weighted by molar-refractivity contribution is -0.139. The molecule has 0 aliphatic heterocycles. The lowest BCUT2D eigenvalue weighted by Crippen LogP contribution is -2.46. The molecule has 0 atom stereocenters. The summed E-state index contributed by atoms with van der Waals surface area (Å²) in [5.74, 6) is -1.30. The molecule has 1 aromatic rings. The van der Waals surface area contributed by atoms with Crippen LogP contribution >= 0.6 is 0 Å². The Balaban J connectivity index is 1.61. The van der Waals surface area contributed by atoms with E-state index in [1.54, 1.807) is 0 Å². The summed E-state index contributed by atoms with van der Waals surface area (Å²) < 4.78 is 0. The molecule has 1 saturated carbocycles. The molecule has 0 bridgehead atoms. The molecule has 0 spiro atoms. The van der Waals surface area contributed by atoms with Crippen LogP contribution in [-0.2, 0) is 16.0 Å². The highest BCUT2D eigenvalue weighted by atomic mass is 16.3. The number of hydrogen-bond acceptors (Lipinski definition) is 3. The third kappa shape index (κ3) is 5.15. The van der Waals surface area contributed by atoms with Gasteiger partial charge in [-0.2, -0.15) is 0 Å². The summed E-state index contributed by atoms with van der Waals surface area (Å²) in [5, 5.41) is 15.2. The summed E-state index contributed by atoms with van der Waals surface area (Å²) in [6.07, 6.45) is 4.96. The molecule has 1 fully saturated rings. The number of carbonyl (C=O) groups is 2. The van der Waals surface area contributed by atoms with Gasteiger partial charge in [-0.15, -0.1) is 0 Å². The summed E-state index contributed by atoms with van der Waals surface area (Å²) in [6.45, 7) is 0.620. The van der Waals surface area contributed by atoms with E-state index in [9.17, 15) is 14.7 Å². The smallest absolute Gasteiger partial charge is 0.309 e. The fraction of sp³-hybridized carbons (Fsp3) is 0.529. The second-order valence-corrected chi connectivity index (χ2v) is 5.96. The first-order chi connectivity index (χ1) is 10.6. The molecule has 22 heavy (non-hydrogen) atoms. The van der Waals surface area contributed by atoms with Crippen LogP contribution in [0.2, 0.25) is 0 Å². The van der Waals surface area contributed by atoms with Crippen LogP contribution in [0.5, 0.6) is 0 Å². The van der Waals surface area contributed by atoms with Crippen molar-refractivity contribution in [3.63, 3.8) is 0 Å². The molecule has 0 aromatic heterocycles. The zero-order chi connectivity index (χ0) is 15.8. The van der Waals surface area contributed by atoms with E-state index in [0.717, 1.165) is 25.7 Å². The van der Waals surface area contributed by atoms with E-state index in [1.165, 1.54) is 5.56 Å². The number of amides is 2. The SMILES string of the molecule is O=C(NCCCc1ccccc1)C(=O)NCC1(O)CCCC1. The quantitative estimate of drug-likeness (QED) is 0.545. The van der Waals surface area contributed by atoms with E-state index < -0.39 is 17.4 Å². The molecule has 3 N–H and O–H groups in total. The van der Waals surface area contributed by atoms with Crippen LogP contribution < -0.4 is 10.6 Å². The lowest BCUT2D eigenvalue weighted by Gasteiger charge is -2.22. The molecule has 5 nitrogen and oxygen atoms in total. The summed E-state index contributed by atoms with van der Waals surface area (Å²) in [5.41, 5.74) is 0.383. The standard InChI is InChI=1S/C17H24N2O3/c20-15(16(21)19-13-17(22)10-4-5-11-17)18-12-6-9-14-7-2-1-3-8-14/h1-3,7-8,22H,4-6,9-13H2,(H,18,20)(H,19,21). The maximum absolute atomic E-state index is 11.7. The molecule has 1 aliphatic rings. The molecule has 0 unspecified atom stereocenters. The van der Waals surface area contributed by atoms with Gasteiger partial charge in [0.05, 0.1) is 5.60 Å². The largest absolute Gasteiger partial charge is 0.388 e. The van der Waals surface area contributed by atoms with Crippen LogP contribution in [0.3, 0.4) is 0 Å². The van der Waals surface area contributed by atoms with Gasteiger partial charge in [0.1, 0.15) is 0 Å². The first-order valence-corrected chi connectivity index (χ1v) is 7.91. The van der Waals surface area contributed by atoms with Gasteiger partial charge in [0.2, 0.25) is 0 Å². The minimum Gasteiger partial charge on any atom is -0.388 e. The van der Waals surface area contributed by atoms with Gasteiger partial charge >= 0.3 is 11.8 Å². The van der Waals surface area contributed by atoms with Gasteiger partial charge in [-0.25, -0.2) is 0 Å². The fourth-order valence-electron chi connectivity index (χ4n) is 2.75. The number of benzene rings is 1. The Morgan fingerprint density at radius 2 is 1.68 bits per heavy atom. The third-order valence-electron chi connectivity index (χ3n) is 4.09. The van der Waals surface area contributed by atoms with E-state index >= 15 is 0 Å². The van der Waals surface area contributed by atoms with Crippen molar-refractivity contribution in [2.45, 2.75) is 44.1 Å². The molecule has 2 amide bonds. The van der Waals surface area contributed by atoms with Crippen molar-refractivity contribution in [2.24, 2.45) is 0 Å². The van der Waals surface area contributed by atoms with Gasteiger partial charge in [0.15, 0.2) is 0 Å². The van der Waals surface area contributed by atoms with E-state index in [2.05, 4.69) is 10.6 Å². The Labute approximate surface area is 131 Å². The average Bonchev–Trinajstić information content (AvgIpc) is 2.97. The van der Waals surface area contributed by atoms with E-state index in [4.69, 9.17) is 0 Å². The topological polar surface area (TPSA) is 78.4 Å². The summed E-state index contributed by atoms with van der Waals surface area (Å²) in [6, 6.07) is 10.0. The highest BCUT2D eigenvalue weighted by molar-refractivity contribution is 6.35. The van der Waals surface area contributed by atoms with Gasteiger partial charge in [0, 0.05) is 13.1 Å². The zero-order valence-corrected chi connectivity index (χ0v) is 12.8. The number of carbonyl (C=O) groups excluding carboxylic acids is 2. The minimum atomic E-state index is -0.830. The summed E-state index contributed by atoms with van der Waals surface area (Å²) in [7, 11) is 0. The molecular formula is C17H24N2O3. The normalized spacial score (nSPS) is 16.2. The Bertz CT molecular complexity index is 496. The molecule has 0 saturated heterocycles. The molecule has 1 aliphatic carbocycles. The predicted octanol–water partition coefficient (Wildman–Crippen LogP) is 1.16. The van der Waals surface area contributed by atoms with Crippen LogP contribution in [0.15, 0.2) is 30.3 Å². The monoisotopic (exact) mass is 304 g/mol. The van der Waals surface area contributed by atoms with Crippen molar-refractivity contribution >= 4 is 11.8 Å². The second-order valence-electron chi connectivity index (χ2n) is 5.96. The van der Waals surface area contributed by atoms with E-state index in [1.807, 2.05) is 30.3 Å². The molecule has 0 radical (unpaired) electrons. The van der Waals surface area contributed by atoms with Crippen LogP contribution in [0.25, 0.3) is 0 Å². The maximum Gasteiger partial charge on any atom is 0.309 e. The lowest BCUT2D eigenvalue weighted by atomic mass is 10.0. The summed E-state index contributed by atoms with van der Waals surface area (Å²) >= 11 is 0. The van der Waals surface area contributed by atoms with Crippen LogP contribution in [-0.4, -0.2) is 35.6 Å². The Morgan fingerprint density at radius 1 is 1.05 bits per heavy atom. The van der Waals surface area contributed by atoms with Crippen molar-refractivity contribution in [1.29, 1.82) is 0 Å². The number of nitrogens with one attached hydrogen (secondary N) is 2. The van der Waals surface area contributed by atoms with E-state index in [-0.39, 0.29) is 6.54 Å². The number of aliphatic hydroxyl groups is 1. The molecule has 2 rings (SSSR count). The van der Waals surface area contributed by atoms with Gasteiger partial charge < -0.3 is 15.7 Å². The molecule has 120 valence electrons. The van der Waals surface area contributed by atoms with Crippen LogP contribution in [0.4, 0.5) is 0 Å². The van der Waals surface area contributed by atoms with E-state index in [0.29, 0.717) is 19.4 Å². The van der Waals surface area contributed by atoms with Gasteiger partial charge in [-0.1, -0.05) is 43.2 Å². The van der Waals surface area contributed by atoms with Gasteiger partial charge in [0.25, 0.3) is 0 Å². The van der Waals surface area contributed by atoms with Gasteiger partial charge in [-0.3, -0.25) is 9.59 Å². The second kappa shape index (κ2) is 7.94. The van der Waals surface area contributed by atoms with Crippen molar-refractivity contribution in [3.05, 3.63) is 35.9 Å². The fourth-order valence-corrected chi connectivity index (χ4v) is 2.75. The predicted molar refractivity (Wildman–Crippen MR) is 84.2 cm³/mol. The van der Waals surface area contributed by atoms with Crippen LogP contribution in [0.1, 0.15) is 37.7 Å². The highest BCUT2D eigenvalue weighted by Crippen LogP contribution is 2.28. The third-order valence-corrected chi connectivity index (χ3v) is 4.09. The molecular weight excluding hydrogens is 280 g/mol. The maximum atomic E-state index is 11.7. The van der Waals surface area contributed by atoms with Crippen LogP contribution in [0, 0.1) is 0 Å². The number of hydrogen-bond donors (Lipinski definition) is 3. The Kier molecular flexibility index (Phi) is 5.95. The van der Waals surface area contributed by atoms with Crippen molar-refractivity contribution < 1.29 is 14.7 Å². The minimum absolute atomic E-state index is 0.156. The Morgan fingerprint density at radius 3 is 2.36 bits per heavy atom. The molecule has 5 heteroatoms. The molecule has 1 aromatic carbocycles. The number of rotatable bonds is 6. The average molecular weight is 304 g/mol. The Hall–Kier alpha value is -1.88. The first-order valence-electron chi connectivity index (χ1n) is 7.91. The summed E-state index contributed by atoms with van der Waals surface area (Å²) in [4.78, 5) is 23.3. The van der Waals surface area contributed by atoms with Crippen molar-refractivity contribution in [1.82, 2.24) is 10.6 Å². The van der Waals surface area contributed by atoms with Crippen molar-refractivity contribution in [2.75, 3.05) is 13.1 Å². The molecule has 0 heterocycles. The highest BCUT2D eigenvalue weighted by Gasteiger charge is 2.31. The van der Waals surface area contributed by atoms with Gasteiger partial charge in [-0.05, 0) is 31.2 Å².